The summed E-state index contributed by atoms with van der Waals surface area (Å²) in [5, 5.41) is 3.83. The molecular formula is C13H13F2NS. The summed E-state index contributed by atoms with van der Waals surface area (Å²) in [6.45, 7) is 2.58. The van der Waals surface area contributed by atoms with Gasteiger partial charge < -0.3 is 5.32 Å². The van der Waals surface area contributed by atoms with Crippen LogP contribution in [0.4, 0.5) is 8.78 Å². The normalized spacial score (nSPS) is 15.7. The maximum absolute atomic E-state index is 13.7. The van der Waals surface area contributed by atoms with Gasteiger partial charge in [-0.15, -0.1) is 11.3 Å². The number of thiophene rings is 1. The zero-order chi connectivity index (χ0) is 12.0. The molecule has 0 bridgehead atoms. The SMILES string of the molecule is Cc1c(CNC2CC2)sc2c(F)ccc(F)c12. The number of fused-ring (bicyclic) bond motifs is 1. The van der Waals surface area contributed by atoms with Crippen molar-refractivity contribution >= 4 is 21.4 Å². The molecule has 0 unspecified atom stereocenters. The molecule has 1 aromatic heterocycles. The van der Waals surface area contributed by atoms with E-state index in [1.807, 2.05) is 6.92 Å². The third-order valence-electron chi connectivity index (χ3n) is 3.21. The van der Waals surface area contributed by atoms with Gasteiger partial charge in [-0.1, -0.05) is 0 Å². The minimum absolute atomic E-state index is 0.326. The lowest BCUT2D eigenvalue weighted by Crippen LogP contribution is -2.14. The van der Waals surface area contributed by atoms with Gasteiger partial charge in [0.25, 0.3) is 0 Å². The van der Waals surface area contributed by atoms with Crippen LogP contribution < -0.4 is 5.32 Å². The molecule has 1 N–H and O–H groups in total. The Morgan fingerprint density at radius 1 is 1.29 bits per heavy atom. The van der Waals surface area contributed by atoms with Crippen molar-refractivity contribution in [3.05, 3.63) is 34.2 Å². The van der Waals surface area contributed by atoms with E-state index in [2.05, 4.69) is 5.32 Å². The van der Waals surface area contributed by atoms with Crippen molar-refractivity contribution in [2.45, 2.75) is 32.4 Å². The molecular weight excluding hydrogens is 240 g/mol. The highest BCUT2D eigenvalue weighted by Gasteiger charge is 2.22. The van der Waals surface area contributed by atoms with Gasteiger partial charge in [-0.25, -0.2) is 8.78 Å². The maximum Gasteiger partial charge on any atom is 0.141 e. The number of hydrogen-bond acceptors (Lipinski definition) is 2. The molecule has 1 fully saturated rings. The predicted octanol–water partition coefficient (Wildman–Crippen LogP) is 3.74. The predicted molar refractivity (Wildman–Crippen MR) is 66.3 cm³/mol. The van der Waals surface area contributed by atoms with Crippen LogP contribution in [0.3, 0.4) is 0 Å². The van der Waals surface area contributed by atoms with Gasteiger partial charge in [0.1, 0.15) is 11.6 Å². The molecule has 1 aliphatic carbocycles. The van der Waals surface area contributed by atoms with E-state index in [9.17, 15) is 8.78 Å². The second kappa shape index (κ2) is 4.03. The lowest BCUT2D eigenvalue weighted by Gasteiger charge is -2.01. The van der Waals surface area contributed by atoms with E-state index in [-0.39, 0.29) is 11.6 Å². The van der Waals surface area contributed by atoms with Crippen LogP contribution in [0.25, 0.3) is 10.1 Å². The Morgan fingerprint density at radius 2 is 2.00 bits per heavy atom. The smallest absolute Gasteiger partial charge is 0.141 e. The highest BCUT2D eigenvalue weighted by molar-refractivity contribution is 7.19. The number of nitrogens with one attached hydrogen (secondary N) is 1. The second-order valence-electron chi connectivity index (χ2n) is 4.54. The highest BCUT2D eigenvalue weighted by atomic mass is 32.1. The minimum Gasteiger partial charge on any atom is -0.309 e. The Morgan fingerprint density at radius 3 is 2.65 bits per heavy atom. The number of rotatable bonds is 3. The lowest BCUT2D eigenvalue weighted by atomic mass is 10.1. The molecule has 1 saturated carbocycles. The summed E-state index contributed by atoms with van der Waals surface area (Å²) in [6, 6.07) is 3.01. The van der Waals surface area contributed by atoms with Crippen LogP contribution in [0.5, 0.6) is 0 Å². The summed E-state index contributed by atoms with van der Waals surface area (Å²) in [4.78, 5) is 1.04. The van der Waals surface area contributed by atoms with E-state index < -0.39 is 0 Å². The van der Waals surface area contributed by atoms with Crippen molar-refractivity contribution < 1.29 is 8.78 Å². The lowest BCUT2D eigenvalue weighted by molar-refractivity contribution is 0.619. The molecule has 3 rings (SSSR count). The molecule has 0 amide bonds. The average molecular weight is 253 g/mol. The van der Waals surface area contributed by atoms with Crippen LogP contribution >= 0.6 is 11.3 Å². The van der Waals surface area contributed by atoms with Crippen molar-refractivity contribution in [2.75, 3.05) is 0 Å². The summed E-state index contributed by atoms with van der Waals surface area (Å²) in [5.74, 6) is -0.653. The van der Waals surface area contributed by atoms with Crippen molar-refractivity contribution in [1.29, 1.82) is 0 Å². The molecule has 1 nitrogen and oxygen atoms in total. The molecule has 4 heteroatoms. The fourth-order valence-electron chi connectivity index (χ4n) is 2.01. The number of aryl methyl sites for hydroxylation is 1. The summed E-state index contributed by atoms with van der Waals surface area (Å²) in [6.07, 6.45) is 2.43. The first-order valence-corrected chi connectivity index (χ1v) is 6.58. The fourth-order valence-corrected chi connectivity index (χ4v) is 3.19. The van der Waals surface area contributed by atoms with Crippen LogP contribution in [0, 0.1) is 18.6 Å². The summed E-state index contributed by atoms with van der Waals surface area (Å²) in [5.41, 5.74) is 0.871. The van der Waals surface area contributed by atoms with Gasteiger partial charge in [-0.3, -0.25) is 0 Å². The van der Waals surface area contributed by atoms with E-state index in [0.29, 0.717) is 22.7 Å². The van der Waals surface area contributed by atoms with E-state index in [1.165, 1.54) is 36.3 Å². The quantitative estimate of drug-likeness (QED) is 0.878. The first-order valence-electron chi connectivity index (χ1n) is 5.76. The van der Waals surface area contributed by atoms with Crippen LogP contribution in [0.1, 0.15) is 23.3 Å². The second-order valence-corrected chi connectivity index (χ2v) is 5.64. The molecule has 0 spiro atoms. The monoisotopic (exact) mass is 253 g/mol. The molecule has 0 atom stereocenters. The molecule has 1 aromatic carbocycles. The zero-order valence-corrected chi connectivity index (χ0v) is 10.3. The number of benzene rings is 1. The molecule has 1 aliphatic rings. The Balaban J connectivity index is 2.03. The third-order valence-corrected chi connectivity index (χ3v) is 4.51. The molecule has 17 heavy (non-hydrogen) atoms. The van der Waals surface area contributed by atoms with Crippen molar-refractivity contribution in [3.63, 3.8) is 0 Å². The van der Waals surface area contributed by atoms with E-state index >= 15 is 0 Å². The van der Waals surface area contributed by atoms with Crippen molar-refractivity contribution in [3.8, 4) is 0 Å². The molecule has 0 radical (unpaired) electrons. The standard InChI is InChI=1S/C13H13F2NS/c1-7-11(6-16-8-2-3-8)17-13-10(15)5-4-9(14)12(7)13/h4-5,8,16H,2-3,6H2,1H3. The van der Waals surface area contributed by atoms with Gasteiger partial charge in [0, 0.05) is 22.8 Å². The first kappa shape index (κ1) is 11.1. The Labute approximate surface area is 102 Å². The molecule has 2 aromatic rings. The van der Waals surface area contributed by atoms with E-state index in [1.54, 1.807) is 0 Å². The van der Waals surface area contributed by atoms with Gasteiger partial charge in [0.2, 0.25) is 0 Å². The van der Waals surface area contributed by atoms with E-state index in [0.717, 1.165) is 10.4 Å². The molecule has 1 heterocycles. The van der Waals surface area contributed by atoms with Gasteiger partial charge in [0.15, 0.2) is 0 Å². The van der Waals surface area contributed by atoms with Crippen LogP contribution in [0.2, 0.25) is 0 Å². The first-order chi connectivity index (χ1) is 8.16. The minimum atomic E-state index is -0.327. The maximum atomic E-state index is 13.7. The van der Waals surface area contributed by atoms with Crippen LogP contribution in [0.15, 0.2) is 12.1 Å². The fraction of sp³-hybridized carbons (Fsp3) is 0.385. The van der Waals surface area contributed by atoms with Gasteiger partial charge in [0.05, 0.1) is 4.70 Å². The Bertz CT molecular complexity index is 572. The van der Waals surface area contributed by atoms with E-state index in [4.69, 9.17) is 0 Å². The largest absolute Gasteiger partial charge is 0.309 e. The highest BCUT2D eigenvalue weighted by Crippen LogP contribution is 2.34. The third kappa shape index (κ3) is 1.96. The average Bonchev–Trinajstić information content (AvgIpc) is 3.06. The Hall–Kier alpha value is -1.00. The molecule has 90 valence electrons. The molecule has 0 saturated heterocycles. The van der Waals surface area contributed by atoms with Gasteiger partial charge in [-0.2, -0.15) is 0 Å². The van der Waals surface area contributed by atoms with Crippen LogP contribution in [-0.4, -0.2) is 6.04 Å². The summed E-state index contributed by atoms with van der Waals surface area (Å²) >= 11 is 1.36. The number of halogens is 2. The Kier molecular flexibility index (Phi) is 2.64. The number of hydrogen-bond donors (Lipinski definition) is 1. The topological polar surface area (TPSA) is 12.0 Å². The van der Waals surface area contributed by atoms with Crippen molar-refractivity contribution in [2.24, 2.45) is 0 Å². The van der Waals surface area contributed by atoms with Gasteiger partial charge in [-0.05, 0) is 37.5 Å². The van der Waals surface area contributed by atoms with Gasteiger partial charge >= 0.3 is 0 Å². The summed E-state index contributed by atoms with van der Waals surface area (Å²) in [7, 11) is 0. The van der Waals surface area contributed by atoms with Crippen LogP contribution in [-0.2, 0) is 6.54 Å². The van der Waals surface area contributed by atoms with Crippen molar-refractivity contribution in [1.82, 2.24) is 5.32 Å². The zero-order valence-electron chi connectivity index (χ0n) is 9.52. The molecule has 0 aliphatic heterocycles. The summed E-state index contributed by atoms with van der Waals surface area (Å²) < 4.78 is 27.7.